The molecule has 0 saturated carbocycles. The van der Waals surface area contributed by atoms with E-state index in [1.54, 1.807) is 7.11 Å². The molecule has 1 fully saturated rings. The van der Waals surface area contributed by atoms with Gasteiger partial charge in [0.25, 0.3) is 0 Å². The number of rotatable bonds is 3. The number of nitrogens with zero attached hydrogens (tertiary/aromatic N) is 3. The minimum Gasteiger partial charge on any atom is -0.481 e. The van der Waals surface area contributed by atoms with Crippen LogP contribution in [-0.4, -0.2) is 36.2 Å². The normalized spacial score (nSPS) is 21.6. The fourth-order valence-corrected chi connectivity index (χ4v) is 2.22. The molecule has 17 heavy (non-hydrogen) atoms. The van der Waals surface area contributed by atoms with Crippen LogP contribution in [0.25, 0.3) is 0 Å². The predicted molar refractivity (Wildman–Crippen MR) is 67.3 cm³/mol. The molecule has 2 unspecified atom stereocenters. The van der Waals surface area contributed by atoms with E-state index in [-0.39, 0.29) is 6.04 Å². The van der Waals surface area contributed by atoms with E-state index in [1.807, 2.05) is 13.0 Å². The molecule has 1 aromatic rings. The van der Waals surface area contributed by atoms with Crippen LogP contribution in [0.4, 0.5) is 5.82 Å². The van der Waals surface area contributed by atoms with Gasteiger partial charge < -0.3 is 15.4 Å². The molecule has 0 spiro atoms. The second-order valence-electron chi connectivity index (χ2n) is 4.67. The van der Waals surface area contributed by atoms with Gasteiger partial charge in [-0.2, -0.15) is 4.98 Å². The van der Waals surface area contributed by atoms with E-state index in [9.17, 15) is 0 Å². The van der Waals surface area contributed by atoms with Crippen molar-refractivity contribution >= 4 is 5.82 Å². The van der Waals surface area contributed by atoms with E-state index in [0.29, 0.717) is 11.8 Å². The van der Waals surface area contributed by atoms with Crippen molar-refractivity contribution in [3.63, 3.8) is 0 Å². The summed E-state index contributed by atoms with van der Waals surface area (Å²) < 4.78 is 5.17. The SMILES string of the molecule is COc1cc(N2CCC(C(C)N)C2)nc(C)n1. The van der Waals surface area contributed by atoms with Gasteiger partial charge in [0.2, 0.25) is 5.88 Å². The maximum absolute atomic E-state index is 5.94. The average molecular weight is 236 g/mol. The van der Waals surface area contributed by atoms with E-state index in [2.05, 4.69) is 21.8 Å². The maximum Gasteiger partial charge on any atom is 0.218 e. The Hall–Kier alpha value is -1.36. The van der Waals surface area contributed by atoms with Crippen LogP contribution in [-0.2, 0) is 0 Å². The third-order valence-electron chi connectivity index (χ3n) is 3.30. The number of methoxy groups -OCH3 is 1. The summed E-state index contributed by atoms with van der Waals surface area (Å²) in [6, 6.07) is 2.13. The first kappa shape index (κ1) is 12.1. The van der Waals surface area contributed by atoms with Crippen LogP contribution in [0.3, 0.4) is 0 Å². The van der Waals surface area contributed by atoms with Crippen LogP contribution >= 0.6 is 0 Å². The van der Waals surface area contributed by atoms with Crippen molar-refractivity contribution in [2.24, 2.45) is 11.7 Å². The van der Waals surface area contributed by atoms with Gasteiger partial charge in [-0.15, -0.1) is 0 Å². The summed E-state index contributed by atoms with van der Waals surface area (Å²) >= 11 is 0. The first-order valence-electron chi connectivity index (χ1n) is 6.00. The number of hydrogen-bond acceptors (Lipinski definition) is 5. The molecule has 1 saturated heterocycles. The summed E-state index contributed by atoms with van der Waals surface area (Å²) in [7, 11) is 1.63. The number of aromatic nitrogens is 2. The summed E-state index contributed by atoms with van der Waals surface area (Å²) in [5.74, 6) is 2.86. The summed E-state index contributed by atoms with van der Waals surface area (Å²) in [6.07, 6.45) is 1.13. The van der Waals surface area contributed by atoms with Gasteiger partial charge in [0.15, 0.2) is 0 Å². The number of ether oxygens (including phenoxy) is 1. The first-order valence-corrected chi connectivity index (χ1v) is 6.00. The molecule has 0 aromatic carbocycles. The largest absolute Gasteiger partial charge is 0.481 e. The molecule has 0 aliphatic carbocycles. The van der Waals surface area contributed by atoms with Crippen LogP contribution < -0.4 is 15.4 Å². The highest BCUT2D eigenvalue weighted by atomic mass is 16.5. The van der Waals surface area contributed by atoms with Crippen molar-refractivity contribution in [2.75, 3.05) is 25.1 Å². The number of nitrogens with two attached hydrogens (primary N) is 1. The third kappa shape index (κ3) is 2.66. The summed E-state index contributed by atoms with van der Waals surface area (Å²) in [6.45, 7) is 5.92. The quantitative estimate of drug-likeness (QED) is 0.847. The van der Waals surface area contributed by atoms with E-state index in [0.717, 1.165) is 31.2 Å². The summed E-state index contributed by atoms with van der Waals surface area (Å²) in [4.78, 5) is 10.9. The Balaban J connectivity index is 2.15. The lowest BCUT2D eigenvalue weighted by Crippen LogP contribution is -2.30. The van der Waals surface area contributed by atoms with Crippen LogP contribution in [0.15, 0.2) is 6.07 Å². The standard InChI is InChI=1S/C12H20N4O/c1-8(13)10-4-5-16(7-10)11-6-12(17-3)15-9(2)14-11/h6,8,10H,4-5,7,13H2,1-3H3. The average Bonchev–Trinajstić information content (AvgIpc) is 2.77. The zero-order valence-electron chi connectivity index (χ0n) is 10.7. The molecule has 2 rings (SSSR count). The molecule has 2 N–H and O–H groups in total. The van der Waals surface area contributed by atoms with Crippen molar-refractivity contribution in [1.29, 1.82) is 0 Å². The molecule has 5 nitrogen and oxygen atoms in total. The molecule has 0 bridgehead atoms. The van der Waals surface area contributed by atoms with Crippen molar-refractivity contribution in [3.8, 4) is 5.88 Å². The first-order chi connectivity index (χ1) is 8.10. The fourth-order valence-electron chi connectivity index (χ4n) is 2.22. The van der Waals surface area contributed by atoms with Gasteiger partial charge in [0.05, 0.1) is 7.11 Å². The molecule has 2 atom stereocenters. The maximum atomic E-state index is 5.94. The van der Waals surface area contributed by atoms with Crippen LogP contribution in [0.5, 0.6) is 5.88 Å². The Morgan fingerprint density at radius 3 is 2.88 bits per heavy atom. The second kappa shape index (κ2) is 4.87. The lowest BCUT2D eigenvalue weighted by atomic mass is 10.0. The van der Waals surface area contributed by atoms with Crippen molar-refractivity contribution in [3.05, 3.63) is 11.9 Å². The highest BCUT2D eigenvalue weighted by molar-refractivity contribution is 5.43. The Morgan fingerprint density at radius 2 is 2.29 bits per heavy atom. The van der Waals surface area contributed by atoms with Crippen LogP contribution in [0.1, 0.15) is 19.2 Å². The highest BCUT2D eigenvalue weighted by Gasteiger charge is 2.26. The Kier molecular flexibility index (Phi) is 3.47. The lowest BCUT2D eigenvalue weighted by molar-refractivity contribution is 0.395. The molecule has 94 valence electrons. The van der Waals surface area contributed by atoms with E-state index < -0.39 is 0 Å². The zero-order valence-corrected chi connectivity index (χ0v) is 10.7. The number of hydrogen-bond donors (Lipinski definition) is 1. The monoisotopic (exact) mass is 236 g/mol. The van der Waals surface area contributed by atoms with Crippen LogP contribution in [0, 0.1) is 12.8 Å². The fraction of sp³-hybridized carbons (Fsp3) is 0.667. The second-order valence-corrected chi connectivity index (χ2v) is 4.67. The van der Waals surface area contributed by atoms with E-state index in [1.165, 1.54) is 0 Å². The highest BCUT2D eigenvalue weighted by Crippen LogP contribution is 2.25. The van der Waals surface area contributed by atoms with E-state index >= 15 is 0 Å². The summed E-state index contributed by atoms with van der Waals surface area (Å²) in [5, 5.41) is 0. The van der Waals surface area contributed by atoms with Gasteiger partial charge in [-0.3, -0.25) is 0 Å². The smallest absolute Gasteiger partial charge is 0.218 e. The number of aryl methyl sites for hydroxylation is 1. The van der Waals surface area contributed by atoms with Gasteiger partial charge in [-0.1, -0.05) is 0 Å². The minimum absolute atomic E-state index is 0.241. The predicted octanol–water partition coefficient (Wildman–Crippen LogP) is 0.967. The van der Waals surface area contributed by atoms with Crippen molar-refractivity contribution < 1.29 is 4.74 Å². The van der Waals surface area contributed by atoms with Crippen LogP contribution in [0.2, 0.25) is 0 Å². The lowest BCUT2D eigenvalue weighted by Gasteiger charge is -2.19. The summed E-state index contributed by atoms with van der Waals surface area (Å²) in [5.41, 5.74) is 5.94. The Labute approximate surface area is 102 Å². The molecule has 1 aromatic heterocycles. The molecule has 2 heterocycles. The van der Waals surface area contributed by atoms with Gasteiger partial charge >= 0.3 is 0 Å². The molecule has 0 amide bonds. The minimum atomic E-state index is 0.241. The van der Waals surface area contributed by atoms with Gasteiger partial charge in [0.1, 0.15) is 11.6 Å². The van der Waals surface area contributed by atoms with Crippen molar-refractivity contribution in [2.45, 2.75) is 26.3 Å². The molecule has 5 heteroatoms. The third-order valence-corrected chi connectivity index (χ3v) is 3.30. The molecule has 0 radical (unpaired) electrons. The molecular formula is C12H20N4O. The zero-order chi connectivity index (χ0) is 12.4. The van der Waals surface area contributed by atoms with E-state index in [4.69, 9.17) is 10.5 Å². The van der Waals surface area contributed by atoms with Gasteiger partial charge in [-0.25, -0.2) is 4.98 Å². The van der Waals surface area contributed by atoms with Crippen molar-refractivity contribution in [1.82, 2.24) is 9.97 Å². The molecular weight excluding hydrogens is 216 g/mol. The molecule has 1 aliphatic rings. The number of anilines is 1. The Bertz CT molecular complexity index is 394. The Morgan fingerprint density at radius 1 is 1.53 bits per heavy atom. The topological polar surface area (TPSA) is 64.3 Å². The van der Waals surface area contributed by atoms with Gasteiger partial charge in [-0.05, 0) is 26.2 Å². The van der Waals surface area contributed by atoms with Gasteiger partial charge in [0, 0.05) is 25.2 Å². The molecule has 1 aliphatic heterocycles.